The first-order valence-corrected chi connectivity index (χ1v) is 6.37. The maximum Gasteiger partial charge on any atom is 0.213 e. The molecule has 15 heavy (non-hydrogen) atoms. The summed E-state index contributed by atoms with van der Waals surface area (Å²) < 4.78 is 24.4. The summed E-state index contributed by atoms with van der Waals surface area (Å²) in [6, 6.07) is 0. The molecule has 90 valence electrons. The van der Waals surface area contributed by atoms with Crippen LogP contribution in [0.4, 0.5) is 0 Å². The van der Waals surface area contributed by atoms with Crippen LogP contribution in [-0.2, 0) is 10.0 Å². The highest BCUT2D eigenvalue weighted by atomic mass is 32.2. The topological polar surface area (TPSA) is 96.0 Å². The molecule has 0 fully saturated rings. The van der Waals surface area contributed by atoms with Crippen LogP contribution in [0.5, 0.6) is 0 Å². The van der Waals surface area contributed by atoms with E-state index in [1.54, 1.807) is 13.8 Å². The molecule has 0 spiro atoms. The summed E-state index contributed by atoms with van der Waals surface area (Å²) in [6.45, 7) is 3.73. The summed E-state index contributed by atoms with van der Waals surface area (Å²) in [6.07, 6.45) is 0.574. The van der Waals surface area contributed by atoms with E-state index in [1.807, 2.05) is 0 Å². The second-order valence-corrected chi connectivity index (χ2v) is 5.72. The van der Waals surface area contributed by atoms with Crippen LogP contribution in [0.1, 0.15) is 20.3 Å². The average molecular weight is 237 g/mol. The van der Waals surface area contributed by atoms with Gasteiger partial charge < -0.3 is 10.9 Å². The van der Waals surface area contributed by atoms with Crippen molar-refractivity contribution in [2.24, 2.45) is 16.8 Å². The molecule has 0 saturated carbocycles. The van der Waals surface area contributed by atoms with Crippen molar-refractivity contribution in [2.75, 3.05) is 19.3 Å². The summed E-state index contributed by atoms with van der Waals surface area (Å²) >= 11 is 0. The van der Waals surface area contributed by atoms with Crippen molar-refractivity contribution in [2.45, 2.75) is 20.3 Å². The maximum absolute atomic E-state index is 11.6. The first-order chi connectivity index (χ1) is 6.85. The second-order valence-electron chi connectivity index (χ2n) is 3.52. The van der Waals surface area contributed by atoms with E-state index in [4.69, 9.17) is 10.9 Å². The molecule has 0 aliphatic carbocycles. The fraction of sp³-hybridized carbons (Fsp3) is 0.875. The molecule has 3 N–H and O–H groups in total. The van der Waals surface area contributed by atoms with E-state index in [1.165, 1.54) is 11.4 Å². The molecule has 0 bridgehead atoms. The molecule has 0 aliphatic rings. The van der Waals surface area contributed by atoms with E-state index < -0.39 is 10.0 Å². The monoisotopic (exact) mass is 237 g/mol. The van der Waals surface area contributed by atoms with Crippen LogP contribution >= 0.6 is 0 Å². The van der Waals surface area contributed by atoms with Gasteiger partial charge in [0.25, 0.3) is 0 Å². The fourth-order valence-electron chi connectivity index (χ4n) is 1.11. The quantitative estimate of drug-likeness (QED) is 0.295. The van der Waals surface area contributed by atoms with Gasteiger partial charge in [-0.1, -0.05) is 19.0 Å². The van der Waals surface area contributed by atoms with Gasteiger partial charge in [0.1, 0.15) is 5.84 Å². The van der Waals surface area contributed by atoms with Gasteiger partial charge in [-0.25, -0.2) is 12.7 Å². The van der Waals surface area contributed by atoms with Crippen LogP contribution in [0.2, 0.25) is 0 Å². The summed E-state index contributed by atoms with van der Waals surface area (Å²) in [4.78, 5) is 0. The Morgan fingerprint density at radius 3 is 2.53 bits per heavy atom. The Balaban J connectivity index is 4.43. The molecule has 1 unspecified atom stereocenters. The van der Waals surface area contributed by atoms with Gasteiger partial charge >= 0.3 is 0 Å². The van der Waals surface area contributed by atoms with E-state index in [-0.39, 0.29) is 24.1 Å². The summed E-state index contributed by atoms with van der Waals surface area (Å²) in [5.74, 6) is -0.146. The molecule has 0 saturated heterocycles. The van der Waals surface area contributed by atoms with E-state index >= 15 is 0 Å². The lowest BCUT2D eigenvalue weighted by Crippen LogP contribution is -2.37. The Morgan fingerprint density at radius 1 is 1.60 bits per heavy atom. The Morgan fingerprint density at radius 2 is 2.13 bits per heavy atom. The predicted octanol–water partition coefficient (Wildman–Crippen LogP) is 0.0405. The van der Waals surface area contributed by atoms with Gasteiger partial charge in [-0.2, -0.15) is 0 Å². The second kappa shape index (κ2) is 5.92. The lowest BCUT2D eigenvalue weighted by Gasteiger charge is -2.20. The molecule has 0 aromatic heterocycles. The fourth-order valence-corrected chi connectivity index (χ4v) is 2.38. The molecule has 0 aromatic rings. The number of hydrogen-bond donors (Lipinski definition) is 2. The molecular formula is C8H19N3O3S. The molecule has 0 aliphatic heterocycles. The van der Waals surface area contributed by atoms with Crippen molar-refractivity contribution in [1.29, 1.82) is 0 Å². The van der Waals surface area contributed by atoms with Gasteiger partial charge in [0.2, 0.25) is 10.0 Å². The van der Waals surface area contributed by atoms with Gasteiger partial charge in [-0.05, 0) is 6.42 Å². The van der Waals surface area contributed by atoms with Gasteiger partial charge in [-0.15, -0.1) is 0 Å². The third kappa shape index (κ3) is 4.48. The molecular weight excluding hydrogens is 218 g/mol. The van der Waals surface area contributed by atoms with E-state index in [0.29, 0.717) is 6.42 Å². The number of amidine groups is 1. The summed E-state index contributed by atoms with van der Waals surface area (Å²) in [5.41, 5.74) is 5.36. The molecule has 0 radical (unpaired) electrons. The number of nitrogens with zero attached hydrogens (tertiary/aromatic N) is 2. The molecule has 6 nitrogen and oxygen atoms in total. The number of sulfonamides is 1. The summed E-state index contributed by atoms with van der Waals surface area (Å²) in [5, 5.41) is 11.3. The Labute approximate surface area is 90.8 Å². The lowest BCUT2D eigenvalue weighted by molar-refractivity contribution is 0.312. The van der Waals surface area contributed by atoms with Gasteiger partial charge in [0.05, 0.1) is 5.75 Å². The minimum absolute atomic E-state index is 0.0357. The Kier molecular flexibility index (Phi) is 5.59. The van der Waals surface area contributed by atoms with Crippen LogP contribution in [-0.4, -0.2) is 43.1 Å². The maximum atomic E-state index is 11.6. The van der Waals surface area contributed by atoms with Crippen LogP contribution in [0.25, 0.3) is 0 Å². The normalized spacial score (nSPS) is 15.6. The van der Waals surface area contributed by atoms with Gasteiger partial charge in [0.15, 0.2) is 0 Å². The zero-order chi connectivity index (χ0) is 12.1. The van der Waals surface area contributed by atoms with Crippen molar-refractivity contribution in [3.05, 3.63) is 0 Å². The zero-order valence-corrected chi connectivity index (χ0v) is 10.2. The molecule has 0 heterocycles. The first kappa shape index (κ1) is 14.2. The van der Waals surface area contributed by atoms with Crippen LogP contribution in [0.3, 0.4) is 0 Å². The third-order valence-electron chi connectivity index (χ3n) is 2.09. The molecule has 1 atom stereocenters. The highest BCUT2D eigenvalue weighted by Crippen LogP contribution is 2.05. The number of oxime groups is 1. The third-order valence-corrected chi connectivity index (χ3v) is 4.11. The predicted molar refractivity (Wildman–Crippen MR) is 59.3 cm³/mol. The minimum atomic E-state index is -3.21. The van der Waals surface area contributed by atoms with E-state index in [9.17, 15) is 8.42 Å². The summed E-state index contributed by atoms with van der Waals surface area (Å²) in [7, 11) is -1.71. The van der Waals surface area contributed by atoms with Crippen molar-refractivity contribution >= 4 is 15.9 Å². The lowest BCUT2D eigenvalue weighted by atomic mass is 10.2. The van der Waals surface area contributed by atoms with Crippen molar-refractivity contribution in [3.63, 3.8) is 0 Å². The standard InChI is InChI=1S/C8H19N3O3S/c1-4-5-15(13,14)11(3)6-7(2)8(9)10-12/h7,12H,4-6H2,1-3H3,(H2,9,10). The molecule has 0 rings (SSSR count). The highest BCUT2D eigenvalue weighted by Gasteiger charge is 2.20. The SMILES string of the molecule is CCCS(=O)(=O)N(C)CC(C)C(N)=NO. The molecule has 7 heteroatoms. The number of hydrogen-bond acceptors (Lipinski definition) is 4. The van der Waals surface area contributed by atoms with E-state index in [2.05, 4.69) is 5.16 Å². The van der Waals surface area contributed by atoms with Crippen molar-refractivity contribution in [3.8, 4) is 0 Å². The average Bonchev–Trinajstić information content (AvgIpc) is 2.16. The Hall–Kier alpha value is -0.820. The van der Waals surface area contributed by atoms with Gasteiger partial charge in [0, 0.05) is 19.5 Å². The minimum Gasteiger partial charge on any atom is -0.409 e. The van der Waals surface area contributed by atoms with Crippen molar-refractivity contribution < 1.29 is 13.6 Å². The number of nitrogens with two attached hydrogens (primary N) is 1. The Bertz CT molecular complexity index is 313. The van der Waals surface area contributed by atoms with Crippen LogP contribution in [0, 0.1) is 5.92 Å². The largest absolute Gasteiger partial charge is 0.409 e. The van der Waals surface area contributed by atoms with Crippen LogP contribution < -0.4 is 5.73 Å². The highest BCUT2D eigenvalue weighted by molar-refractivity contribution is 7.89. The number of rotatable bonds is 6. The van der Waals surface area contributed by atoms with E-state index in [0.717, 1.165) is 0 Å². The van der Waals surface area contributed by atoms with Gasteiger partial charge in [-0.3, -0.25) is 0 Å². The molecule has 0 amide bonds. The zero-order valence-electron chi connectivity index (χ0n) is 9.34. The van der Waals surface area contributed by atoms with Crippen LogP contribution in [0.15, 0.2) is 5.16 Å². The first-order valence-electron chi connectivity index (χ1n) is 4.76. The smallest absolute Gasteiger partial charge is 0.213 e. The van der Waals surface area contributed by atoms with Crippen molar-refractivity contribution in [1.82, 2.24) is 4.31 Å². The molecule has 0 aromatic carbocycles.